The summed E-state index contributed by atoms with van der Waals surface area (Å²) >= 11 is 0. The van der Waals surface area contributed by atoms with Crippen molar-refractivity contribution in [3.63, 3.8) is 0 Å². The van der Waals surface area contributed by atoms with Crippen molar-refractivity contribution in [2.24, 2.45) is 11.8 Å². The molecule has 9 nitrogen and oxygen atoms in total. The van der Waals surface area contributed by atoms with Gasteiger partial charge in [-0.1, -0.05) is 49.4 Å². The van der Waals surface area contributed by atoms with Gasteiger partial charge in [0.2, 0.25) is 5.91 Å². The molecule has 2 saturated heterocycles. The number of hydrogen-bond donors (Lipinski definition) is 1. The molecule has 0 saturated carbocycles. The van der Waals surface area contributed by atoms with Crippen LogP contribution in [0.15, 0.2) is 54.6 Å². The molecule has 9 heteroatoms. The van der Waals surface area contributed by atoms with Crippen molar-refractivity contribution in [2.45, 2.75) is 77.2 Å². The first-order chi connectivity index (χ1) is 21.0. The van der Waals surface area contributed by atoms with E-state index < -0.39 is 23.5 Å². The SMILES string of the molecule is COc1ccc(CC(CC(=O)[C@H](C)CC(=O)CN2CC(C)O[C@@H](C)C2)C(=O)N[C@@H](Cc2ccccc2)C(=O)[C@@]2(C)CO2)cc1. The lowest BCUT2D eigenvalue weighted by molar-refractivity contribution is -0.135. The first kappa shape index (κ1) is 33.5. The van der Waals surface area contributed by atoms with E-state index in [1.54, 1.807) is 21.0 Å². The summed E-state index contributed by atoms with van der Waals surface area (Å²) in [7, 11) is 1.58. The van der Waals surface area contributed by atoms with Crippen LogP contribution in [0.3, 0.4) is 0 Å². The minimum Gasteiger partial charge on any atom is -0.497 e. The predicted octanol–water partition coefficient (Wildman–Crippen LogP) is 3.60. The van der Waals surface area contributed by atoms with Crippen LogP contribution in [0.4, 0.5) is 0 Å². The van der Waals surface area contributed by atoms with Crippen LogP contribution in [0, 0.1) is 11.8 Å². The highest BCUT2D eigenvalue weighted by Crippen LogP contribution is 2.29. The lowest BCUT2D eigenvalue weighted by Crippen LogP contribution is -2.49. The second-order valence-electron chi connectivity index (χ2n) is 12.6. The third-order valence-corrected chi connectivity index (χ3v) is 8.45. The van der Waals surface area contributed by atoms with Gasteiger partial charge in [0.05, 0.1) is 38.5 Å². The molecule has 2 aromatic carbocycles. The van der Waals surface area contributed by atoms with E-state index >= 15 is 0 Å². The molecule has 2 aliphatic rings. The maximum Gasteiger partial charge on any atom is 0.224 e. The fraction of sp³-hybridized carbons (Fsp3) is 0.543. The number of amides is 1. The van der Waals surface area contributed by atoms with Gasteiger partial charge in [-0.3, -0.25) is 24.1 Å². The maximum absolute atomic E-state index is 13.9. The molecular weight excluding hydrogens is 560 g/mol. The standard InChI is InChI=1S/C35H46N2O7/c1-23(15-29(38)21-37-19-24(2)44-25(3)20-37)32(39)18-28(16-27-11-13-30(42-5)14-12-27)34(41)36-31(33(40)35(4)22-43-35)17-26-9-7-6-8-10-26/h6-14,23-25,28,31H,15-22H2,1-5H3,(H,36,41)/t23-,24+,25?,28?,31+,35-/m1/s1. The number of carbonyl (C=O) groups excluding carboxylic acids is 4. The number of Topliss-reactive ketones (excluding diaryl/α,β-unsaturated/α-hetero) is 3. The third kappa shape index (κ3) is 9.55. The summed E-state index contributed by atoms with van der Waals surface area (Å²) < 4.78 is 16.5. The molecule has 6 atom stereocenters. The molecule has 4 rings (SSSR count). The molecule has 44 heavy (non-hydrogen) atoms. The molecule has 1 N–H and O–H groups in total. The Balaban J connectivity index is 1.45. The average molecular weight is 607 g/mol. The zero-order chi connectivity index (χ0) is 31.9. The van der Waals surface area contributed by atoms with Gasteiger partial charge in [0.1, 0.15) is 22.9 Å². The van der Waals surface area contributed by atoms with Gasteiger partial charge in [0.25, 0.3) is 0 Å². The van der Waals surface area contributed by atoms with E-state index in [9.17, 15) is 19.2 Å². The molecule has 0 aromatic heterocycles. The predicted molar refractivity (Wildman–Crippen MR) is 166 cm³/mol. The smallest absolute Gasteiger partial charge is 0.224 e. The molecule has 0 spiro atoms. The van der Waals surface area contributed by atoms with Crippen molar-refractivity contribution in [1.82, 2.24) is 10.2 Å². The molecule has 2 aliphatic heterocycles. The van der Waals surface area contributed by atoms with Crippen molar-refractivity contribution >= 4 is 23.3 Å². The molecule has 0 radical (unpaired) electrons. The van der Waals surface area contributed by atoms with Crippen molar-refractivity contribution < 1.29 is 33.4 Å². The number of epoxide rings is 1. The topological polar surface area (TPSA) is 115 Å². The first-order valence-electron chi connectivity index (χ1n) is 15.5. The summed E-state index contributed by atoms with van der Waals surface area (Å²) in [6, 6.07) is 16.1. The largest absolute Gasteiger partial charge is 0.497 e. The molecule has 0 aliphatic carbocycles. The Hall–Kier alpha value is -3.40. The van der Waals surface area contributed by atoms with E-state index in [2.05, 4.69) is 10.2 Å². The Morgan fingerprint density at radius 2 is 1.57 bits per heavy atom. The Morgan fingerprint density at radius 1 is 0.955 bits per heavy atom. The summed E-state index contributed by atoms with van der Waals surface area (Å²) in [6.45, 7) is 9.40. The van der Waals surface area contributed by atoms with Crippen molar-refractivity contribution in [2.75, 3.05) is 33.4 Å². The van der Waals surface area contributed by atoms with E-state index in [1.165, 1.54) is 0 Å². The van der Waals surface area contributed by atoms with Gasteiger partial charge in [-0.15, -0.1) is 0 Å². The quantitative estimate of drug-likeness (QED) is 0.289. The molecule has 238 valence electrons. The van der Waals surface area contributed by atoms with E-state index in [0.717, 1.165) is 11.1 Å². The monoisotopic (exact) mass is 606 g/mol. The number of nitrogens with one attached hydrogen (secondary N) is 1. The fourth-order valence-electron chi connectivity index (χ4n) is 5.90. The molecule has 0 bridgehead atoms. The number of carbonyl (C=O) groups is 4. The van der Waals surface area contributed by atoms with E-state index in [4.69, 9.17) is 14.2 Å². The van der Waals surface area contributed by atoms with Crippen LogP contribution < -0.4 is 10.1 Å². The number of rotatable bonds is 16. The van der Waals surface area contributed by atoms with Crippen LogP contribution >= 0.6 is 0 Å². The number of hydrogen-bond acceptors (Lipinski definition) is 8. The number of methoxy groups -OCH3 is 1. The van der Waals surface area contributed by atoms with E-state index in [0.29, 0.717) is 38.3 Å². The lowest BCUT2D eigenvalue weighted by Gasteiger charge is -2.34. The number of ketones is 3. The second-order valence-corrected chi connectivity index (χ2v) is 12.6. The molecule has 2 fully saturated rings. The van der Waals surface area contributed by atoms with Gasteiger partial charge in [-0.25, -0.2) is 0 Å². The van der Waals surface area contributed by atoms with Crippen molar-refractivity contribution in [1.29, 1.82) is 0 Å². The Morgan fingerprint density at radius 3 is 2.16 bits per heavy atom. The first-order valence-corrected chi connectivity index (χ1v) is 15.5. The molecule has 2 heterocycles. The fourth-order valence-corrected chi connectivity index (χ4v) is 5.90. The van der Waals surface area contributed by atoms with Crippen LogP contribution in [0.1, 0.15) is 51.7 Å². The highest BCUT2D eigenvalue weighted by atomic mass is 16.6. The van der Waals surface area contributed by atoms with Crippen molar-refractivity contribution in [3.05, 3.63) is 65.7 Å². The lowest BCUT2D eigenvalue weighted by atomic mass is 9.87. The zero-order valence-electron chi connectivity index (χ0n) is 26.5. The number of benzene rings is 2. The van der Waals surface area contributed by atoms with Crippen molar-refractivity contribution in [3.8, 4) is 5.75 Å². The molecular formula is C35H46N2O7. The molecule has 2 aromatic rings. The van der Waals surface area contributed by atoms with Crippen LogP contribution in [0.2, 0.25) is 0 Å². The van der Waals surface area contributed by atoms with Gasteiger partial charge < -0.3 is 19.5 Å². The summed E-state index contributed by atoms with van der Waals surface area (Å²) in [5.41, 5.74) is 0.856. The Bertz CT molecular complexity index is 1280. The summed E-state index contributed by atoms with van der Waals surface area (Å²) in [5, 5.41) is 2.97. The van der Waals surface area contributed by atoms with Crippen LogP contribution in [0.5, 0.6) is 5.75 Å². The van der Waals surface area contributed by atoms with E-state index in [1.807, 2.05) is 68.4 Å². The van der Waals surface area contributed by atoms with E-state index in [-0.39, 0.29) is 54.9 Å². The average Bonchev–Trinajstić information content (AvgIpc) is 3.74. The third-order valence-electron chi connectivity index (χ3n) is 8.45. The molecule has 1 amide bonds. The maximum atomic E-state index is 13.9. The van der Waals surface area contributed by atoms with Gasteiger partial charge in [0.15, 0.2) is 5.78 Å². The minimum absolute atomic E-state index is 0.00509. The summed E-state index contributed by atoms with van der Waals surface area (Å²) in [4.78, 5) is 55.8. The van der Waals surface area contributed by atoms with Gasteiger partial charge >= 0.3 is 0 Å². The summed E-state index contributed by atoms with van der Waals surface area (Å²) in [6.07, 6.45) is 0.783. The normalized spacial score (nSPS) is 23.7. The van der Waals surface area contributed by atoms with Crippen LogP contribution in [-0.2, 0) is 41.5 Å². The molecule has 2 unspecified atom stereocenters. The second kappa shape index (κ2) is 15.1. The zero-order valence-corrected chi connectivity index (χ0v) is 26.5. The van der Waals surface area contributed by atoms with Gasteiger partial charge in [-0.2, -0.15) is 0 Å². The number of nitrogens with zero attached hydrogens (tertiary/aromatic N) is 1. The number of ether oxygens (including phenoxy) is 3. The Labute approximate surface area is 260 Å². The van der Waals surface area contributed by atoms with Gasteiger partial charge in [0, 0.05) is 37.8 Å². The van der Waals surface area contributed by atoms with Gasteiger partial charge in [-0.05, 0) is 56.9 Å². The highest BCUT2D eigenvalue weighted by molar-refractivity contribution is 5.98. The highest BCUT2D eigenvalue weighted by Gasteiger charge is 2.50. The Kier molecular flexibility index (Phi) is 11.5. The number of morpholine rings is 1. The minimum atomic E-state index is -0.918. The summed E-state index contributed by atoms with van der Waals surface area (Å²) in [5.74, 6) is -1.29. The van der Waals surface area contributed by atoms with Crippen LogP contribution in [-0.4, -0.2) is 85.4 Å². The van der Waals surface area contributed by atoms with Crippen LogP contribution in [0.25, 0.3) is 0 Å².